The first-order valence-electron chi connectivity index (χ1n) is 7.58. The number of esters is 1. The van der Waals surface area contributed by atoms with Crippen LogP contribution in [0.1, 0.15) is 39.5 Å². The van der Waals surface area contributed by atoms with Crippen LogP contribution in [0.2, 0.25) is 0 Å². The maximum absolute atomic E-state index is 12.3. The molecular weight excluding hydrogens is 294 g/mol. The third-order valence-electron chi connectivity index (χ3n) is 3.65. The summed E-state index contributed by atoms with van der Waals surface area (Å²) in [5.74, 6) is -0.425. The molecule has 1 aliphatic heterocycles. The van der Waals surface area contributed by atoms with E-state index in [-0.39, 0.29) is 24.5 Å². The van der Waals surface area contributed by atoms with Gasteiger partial charge in [0.1, 0.15) is 0 Å². The normalized spacial score (nSPS) is 19.4. The van der Waals surface area contributed by atoms with E-state index in [2.05, 4.69) is 4.72 Å². The molecule has 3 N–H and O–H groups in total. The average Bonchev–Trinajstić information content (AvgIpc) is 2.47. The first-order valence-corrected chi connectivity index (χ1v) is 9.02. The zero-order valence-corrected chi connectivity index (χ0v) is 13.7. The van der Waals surface area contributed by atoms with Crippen LogP contribution in [0.15, 0.2) is 0 Å². The number of piperidine rings is 1. The number of nitrogens with zero attached hydrogens (tertiary/aromatic N) is 1. The Balaban J connectivity index is 2.53. The van der Waals surface area contributed by atoms with Gasteiger partial charge in [-0.3, -0.25) is 4.79 Å². The number of nitrogens with one attached hydrogen (secondary N) is 1. The zero-order chi connectivity index (χ0) is 15.9. The fourth-order valence-electron chi connectivity index (χ4n) is 2.45. The molecule has 8 heteroatoms. The Morgan fingerprint density at radius 3 is 2.48 bits per heavy atom. The Hall–Kier alpha value is -0.700. The largest absolute Gasteiger partial charge is 0.466 e. The van der Waals surface area contributed by atoms with Crippen LogP contribution in [0.5, 0.6) is 0 Å². The van der Waals surface area contributed by atoms with E-state index >= 15 is 0 Å². The number of carbonyl (C=O) groups is 1. The zero-order valence-electron chi connectivity index (χ0n) is 12.9. The van der Waals surface area contributed by atoms with Crippen molar-refractivity contribution in [3.05, 3.63) is 0 Å². The lowest BCUT2D eigenvalue weighted by atomic mass is 9.98. The summed E-state index contributed by atoms with van der Waals surface area (Å²) in [7, 11) is -3.53. The highest BCUT2D eigenvalue weighted by Crippen LogP contribution is 2.20. The predicted octanol–water partition coefficient (Wildman–Crippen LogP) is 0.223. The van der Waals surface area contributed by atoms with Crippen molar-refractivity contribution < 1.29 is 17.9 Å². The molecule has 0 aliphatic carbocycles. The number of rotatable bonds is 8. The molecule has 1 atom stereocenters. The van der Waals surface area contributed by atoms with Gasteiger partial charge in [0.2, 0.25) is 0 Å². The highest BCUT2D eigenvalue weighted by molar-refractivity contribution is 7.87. The molecule has 0 spiro atoms. The van der Waals surface area contributed by atoms with Crippen LogP contribution in [0.25, 0.3) is 0 Å². The topological polar surface area (TPSA) is 102 Å². The van der Waals surface area contributed by atoms with Crippen molar-refractivity contribution in [2.45, 2.75) is 45.6 Å². The fraction of sp³-hybridized carbons (Fsp3) is 0.923. The molecule has 21 heavy (non-hydrogen) atoms. The van der Waals surface area contributed by atoms with Crippen LogP contribution >= 0.6 is 0 Å². The van der Waals surface area contributed by atoms with Crippen LogP contribution in [0.3, 0.4) is 0 Å². The van der Waals surface area contributed by atoms with E-state index in [1.54, 1.807) is 6.92 Å². The lowest BCUT2D eigenvalue weighted by molar-refractivity contribution is -0.149. The summed E-state index contributed by atoms with van der Waals surface area (Å²) >= 11 is 0. The Kier molecular flexibility index (Phi) is 7.58. The van der Waals surface area contributed by atoms with Crippen molar-refractivity contribution in [3.8, 4) is 0 Å². The number of ether oxygens (including phenoxy) is 1. The van der Waals surface area contributed by atoms with Crippen molar-refractivity contribution in [1.82, 2.24) is 9.03 Å². The lowest BCUT2D eigenvalue weighted by Gasteiger charge is -2.31. The van der Waals surface area contributed by atoms with Crippen molar-refractivity contribution in [3.63, 3.8) is 0 Å². The Bertz CT molecular complexity index is 419. The Morgan fingerprint density at radius 2 is 2.00 bits per heavy atom. The molecule has 0 aromatic rings. The summed E-state index contributed by atoms with van der Waals surface area (Å²) in [6.45, 7) is 5.06. The van der Waals surface area contributed by atoms with Crippen LogP contribution in [0, 0.1) is 5.92 Å². The molecule has 0 aromatic heterocycles. The third-order valence-corrected chi connectivity index (χ3v) is 5.33. The number of hydrogen-bond acceptors (Lipinski definition) is 5. The Labute approximate surface area is 127 Å². The maximum Gasteiger partial charge on any atom is 0.309 e. The molecule has 1 saturated heterocycles. The van der Waals surface area contributed by atoms with Crippen molar-refractivity contribution in [2.75, 3.05) is 26.2 Å². The summed E-state index contributed by atoms with van der Waals surface area (Å²) in [5, 5.41) is 0. The number of carbonyl (C=O) groups excluding carboxylic acids is 1. The molecule has 1 heterocycles. The van der Waals surface area contributed by atoms with Gasteiger partial charge in [0.15, 0.2) is 0 Å². The van der Waals surface area contributed by atoms with Crippen LogP contribution in [-0.4, -0.2) is 51.0 Å². The number of hydrogen-bond donors (Lipinski definition) is 2. The first kappa shape index (κ1) is 18.3. The third kappa shape index (κ3) is 5.54. The molecule has 0 bridgehead atoms. The van der Waals surface area contributed by atoms with Crippen molar-refractivity contribution in [2.24, 2.45) is 11.7 Å². The van der Waals surface area contributed by atoms with Crippen LogP contribution in [0.4, 0.5) is 0 Å². The van der Waals surface area contributed by atoms with E-state index in [1.165, 1.54) is 4.31 Å². The first-order chi connectivity index (χ1) is 9.94. The summed E-state index contributed by atoms with van der Waals surface area (Å²) in [4.78, 5) is 11.6. The second-order valence-corrected chi connectivity index (χ2v) is 6.97. The van der Waals surface area contributed by atoms with Gasteiger partial charge in [-0.2, -0.15) is 17.4 Å². The molecular formula is C13H27N3O4S. The van der Waals surface area contributed by atoms with Gasteiger partial charge in [0, 0.05) is 25.7 Å². The van der Waals surface area contributed by atoms with Gasteiger partial charge in [0.25, 0.3) is 10.2 Å². The minimum atomic E-state index is -3.53. The standard InChI is InChI=1S/C13H27N3O4S/c1-3-5-12(10-14)15-21(18,19)16-8-6-11(7-9-16)13(17)20-4-2/h11-12,15H,3-10,14H2,1-2H3. The molecule has 1 aliphatic rings. The Morgan fingerprint density at radius 1 is 1.38 bits per heavy atom. The summed E-state index contributed by atoms with van der Waals surface area (Å²) in [5.41, 5.74) is 5.58. The smallest absolute Gasteiger partial charge is 0.309 e. The van der Waals surface area contributed by atoms with E-state index < -0.39 is 10.2 Å². The molecule has 0 radical (unpaired) electrons. The fourth-order valence-corrected chi connectivity index (χ4v) is 3.93. The summed E-state index contributed by atoms with van der Waals surface area (Å²) in [6.07, 6.45) is 2.59. The van der Waals surface area contributed by atoms with E-state index in [9.17, 15) is 13.2 Å². The van der Waals surface area contributed by atoms with Gasteiger partial charge in [-0.25, -0.2) is 0 Å². The number of nitrogens with two attached hydrogens (primary N) is 1. The molecule has 0 aromatic carbocycles. The van der Waals surface area contributed by atoms with Gasteiger partial charge in [-0.05, 0) is 26.2 Å². The second kappa shape index (κ2) is 8.67. The van der Waals surface area contributed by atoms with E-state index in [0.29, 0.717) is 32.5 Å². The molecule has 1 fully saturated rings. The van der Waals surface area contributed by atoms with E-state index in [0.717, 1.165) is 12.8 Å². The second-order valence-electron chi connectivity index (χ2n) is 5.27. The van der Waals surface area contributed by atoms with Gasteiger partial charge in [-0.1, -0.05) is 13.3 Å². The summed E-state index contributed by atoms with van der Waals surface area (Å²) in [6, 6.07) is -0.234. The average molecular weight is 321 g/mol. The highest BCUT2D eigenvalue weighted by atomic mass is 32.2. The molecule has 1 rings (SSSR count). The highest BCUT2D eigenvalue weighted by Gasteiger charge is 2.32. The predicted molar refractivity (Wildman–Crippen MR) is 80.7 cm³/mol. The van der Waals surface area contributed by atoms with Gasteiger partial charge in [-0.15, -0.1) is 0 Å². The van der Waals surface area contributed by atoms with Crippen molar-refractivity contribution in [1.29, 1.82) is 0 Å². The molecule has 124 valence electrons. The van der Waals surface area contributed by atoms with E-state index in [1.807, 2.05) is 6.92 Å². The molecule has 0 amide bonds. The van der Waals surface area contributed by atoms with E-state index in [4.69, 9.17) is 10.5 Å². The van der Waals surface area contributed by atoms with Crippen molar-refractivity contribution >= 4 is 16.2 Å². The van der Waals surface area contributed by atoms with Gasteiger partial charge >= 0.3 is 5.97 Å². The van der Waals surface area contributed by atoms with Crippen LogP contribution in [-0.2, 0) is 19.7 Å². The SMILES string of the molecule is CCCC(CN)NS(=O)(=O)N1CCC(C(=O)OCC)CC1. The minimum Gasteiger partial charge on any atom is -0.466 e. The van der Waals surface area contributed by atoms with Gasteiger partial charge < -0.3 is 10.5 Å². The van der Waals surface area contributed by atoms with Gasteiger partial charge in [0.05, 0.1) is 12.5 Å². The maximum atomic E-state index is 12.3. The van der Waals surface area contributed by atoms with Crippen LogP contribution < -0.4 is 10.5 Å². The monoisotopic (exact) mass is 321 g/mol. The molecule has 0 saturated carbocycles. The lowest BCUT2D eigenvalue weighted by Crippen LogP contribution is -2.50. The quantitative estimate of drug-likeness (QED) is 0.623. The molecule has 7 nitrogen and oxygen atoms in total. The minimum absolute atomic E-state index is 0.197. The molecule has 1 unspecified atom stereocenters. The summed E-state index contributed by atoms with van der Waals surface area (Å²) < 4.78 is 33.6.